The molecule has 0 aromatic heterocycles. The molecule has 0 radical (unpaired) electrons. The fourth-order valence-corrected chi connectivity index (χ4v) is 12.4. The fourth-order valence-electron chi connectivity index (χ4n) is 4.49. The van der Waals surface area contributed by atoms with Crippen LogP contribution in [0.4, 0.5) is 0 Å². The summed E-state index contributed by atoms with van der Waals surface area (Å²) in [6, 6.07) is 7.83. The van der Waals surface area contributed by atoms with Gasteiger partial charge in [-0.3, -0.25) is 0 Å². The zero-order valence-electron chi connectivity index (χ0n) is 22.3. The van der Waals surface area contributed by atoms with Gasteiger partial charge in [0.25, 0.3) is 0 Å². The summed E-state index contributed by atoms with van der Waals surface area (Å²) in [6.07, 6.45) is 11.9. The first-order valence-corrected chi connectivity index (χ1v) is 21.0. The molecule has 10 heteroatoms. The van der Waals surface area contributed by atoms with Crippen molar-refractivity contribution in [1.82, 2.24) is 0 Å². The Morgan fingerprint density at radius 3 is 0.875 bits per heavy atom. The highest BCUT2D eigenvalue weighted by Gasteiger charge is 2.25. The summed E-state index contributed by atoms with van der Waals surface area (Å²) < 4.78 is 32.8. The second kappa shape index (κ2) is 22.1. The molecule has 0 amide bonds. The summed E-state index contributed by atoms with van der Waals surface area (Å²) in [5.41, 5.74) is 0. The quantitative estimate of drug-likeness (QED) is 0.129. The minimum atomic E-state index is -1.38. The zero-order chi connectivity index (χ0) is 24.1. The molecule has 0 aromatic carbocycles. The Labute approximate surface area is 205 Å². The van der Waals surface area contributed by atoms with Crippen LogP contribution in [0.25, 0.3) is 0 Å². The van der Waals surface area contributed by atoms with E-state index in [1.807, 2.05) is 0 Å². The Hall–Kier alpha value is 0.628. The predicted molar refractivity (Wildman–Crippen MR) is 146 cm³/mol. The van der Waals surface area contributed by atoms with E-state index in [4.69, 9.17) is 26.6 Å². The van der Waals surface area contributed by atoms with E-state index in [0.717, 1.165) is 18.1 Å². The van der Waals surface area contributed by atoms with E-state index >= 15 is 0 Å². The molecule has 194 valence electrons. The first-order valence-electron chi connectivity index (χ1n) is 12.6. The van der Waals surface area contributed by atoms with E-state index in [1.165, 1.54) is 75.9 Å². The molecule has 6 nitrogen and oxygen atoms in total. The number of hydrogen-bond donors (Lipinski definition) is 0. The van der Waals surface area contributed by atoms with Gasteiger partial charge in [-0.15, -0.1) is 0 Å². The summed E-state index contributed by atoms with van der Waals surface area (Å²) in [5.74, 6) is 0. The molecule has 0 unspecified atom stereocenters. The summed E-state index contributed by atoms with van der Waals surface area (Å²) in [4.78, 5) is 0. The highest BCUT2D eigenvalue weighted by molar-refractivity contribution is 6.78. The number of rotatable bonds is 24. The van der Waals surface area contributed by atoms with Crippen LogP contribution < -0.4 is 0 Å². The van der Waals surface area contributed by atoms with E-state index in [2.05, 4.69) is 6.55 Å². The highest BCUT2D eigenvalue weighted by Crippen LogP contribution is 2.30. The summed E-state index contributed by atoms with van der Waals surface area (Å²) in [5, 5.41) is 0. The zero-order valence-corrected chi connectivity index (χ0v) is 26.8. The van der Waals surface area contributed by atoms with Crippen molar-refractivity contribution in [1.29, 1.82) is 0 Å². The second-order valence-corrected chi connectivity index (χ2v) is 21.6. The van der Waals surface area contributed by atoms with Gasteiger partial charge in [0, 0.05) is 42.7 Å². The highest BCUT2D eigenvalue weighted by atomic mass is 28.3. The molecule has 0 atom stereocenters. The Balaban J connectivity index is 4.36. The van der Waals surface area contributed by atoms with E-state index < -0.39 is 35.9 Å². The smallest absolute Gasteiger partial charge is 0.320 e. The third-order valence-electron chi connectivity index (χ3n) is 6.74. The first kappa shape index (κ1) is 32.6. The summed E-state index contributed by atoms with van der Waals surface area (Å²) in [7, 11) is 5.41. The van der Waals surface area contributed by atoms with Crippen molar-refractivity contribution in [3.05, 3.63) is 0 Å². The third kappa shape index (κ3) is 17.1. The summed E-state index contributed by atoms with van der Waals surface area (Å²) >= 11 is 0. The molecule has 0 saturated heterocycles. The number of hydrogen-bond acceptors (Lipinski definition) is 6. The Kier molecular flexibility index (Phi) is 22.5. The van der Waals surface area contributed by atoms with Crippen molar-refractivity contribution >= 4 is 35.9 Å². The molecule has 0 saturated carbocycles. The maximum Gasteiger partial charge on any atom is 0.320 e. The molecule has 0 N–H and O–H groups in total. The van der Waals surface area contributed by atoms with Crippen molar-refractivity contribution < 1.29 is 26.6 Å². The first-order chi connectivity index (χ1) is 15.5. The molecule has 0 aliphatic carbocycles. The van der Waals surface area contributed by atoms with Crippen LogP contribution in [0.2, 0.25) is 42.8 Å². The van der Waals surface area contributed by atoms with Crippen LogP contribution in [0.15, 0.2) is 0 Å². The Morgan fingerprint density at radius 2 is 0.656 bits per heavy atom. The van der Waals surface area contributed by atoms with Crippen molar-refractivity contribution in [3.8, 4) is 0 Å². The molecular formula is C22H54O6Si4. The maximum absolute atomic E-state index is 5.46. The SMILES string of the molecule is CO[SiH](CCCCC[Si](C)(CCCCC[SiH](OC)OC)CCCCC[SiH](OC)OC)OC. The van der Waals surface area contributed by atoms with Gasteiger partial charge in [-0.25, -0.2) is 0 Å². The predicted octanol–water partition coefficient (Wildman–Crippen LogP) is 5.12. The fraction of sp³-hybridized carbons (Fsp3) is 1.00. The molecule has 0 aliphatic rings. The van der Waals surface area contributed by atoms with Gasteiger partial charge in [0.1, 0.15) is 0 Å². The molecule has 0 rings (SSSR count). The van der Waals surface area contributed by atoms with E-state index in [0.29, 0.717) is 0 Å². The van der Waals surface area contributed by atoms with Crippen LogP contribution in [-0.2, 0) is 26.6 Å². The minimum absolute atomic E-state index is 1.14. The monoisotopic (exact) mass is 526 g/mol. The molecule has 0 bridgehead atoms. The van der Waals surface area contributed by atoms with Gasteiger partial charge in [0.2, 0.25) is 0 Å². The Morgan fingerprint density at radius 1 is 0.406 bits per heavy atom. The lowest BCUT2D eigenvalue weighted by Crippen LogP contribution is -2.29. The maximum atomic E-state index is 5.46. The summed E-state index contributed by atoms with van der Waals surface area (Å²) in [6.45, 7) is 2.67. The Bertz CT molecular complexity index is 342. The average Bonchev–Trinajstić information content (AvgIpc) is 2.81. The van der Waals surface area contributed by atoms with Crippen molar-refractivity contribution in [2.45, 2.75) is 101 Å². The minimum Gasteiger partial charge on any atom is -0.400 e. The van der Waals surface area contributed by atoms with Crippen molar-refractivity contribution in [2.75, 3.05) is 42.7 Å². The van der Waals surface area contributed by atoms with E-state index in [-0.39, 0.29) is 0 Å². The van der Waals surface area contributed by atoms with Gasteiger partial charge in [0.05, 0.1) is 8.07 Å². The molecule has 0 aliphatic heterocycles. The lowest BCUT2D eigenvalue weighted by atomic mass is 10.3. The van der Waals surface area contributed by atoms with E-state index in [1.54, 1.807) is 42.7 Å². The van der Waals surface area contributed by atoms with Gasteiger partial charge in [-0.2, -0.15) is 0 Å². The van der Waals surface area contributed by atoms with Crippen LogP contribution in [0.5, 0.6) is 0 Å². The molecule has 0 fully saturated rings. The lowest BCUT2D eigenvalue weighted by Gasteiger charge is -2.28. The standard InChI is InChI=1S/C22H54O6Si4/c1-23-29(24-2)17-11-8-14-20-32(7,21-15-9-12-18-30(25-3)26-4)22-16-10-13-19-31(27-5)28-6/h29-31H,8-22H2,1-7H3. The lowest BCUT2D eigenvalue weighted by molar-refractivity contribution is 0.276. The molecule has 32 heavy (non-hydrogen) atoms. The molecule has 0 aromatic rings. The third-order valence-corrected chi connectivity index (χ3v) is 17.2. The normalized spacial score (nSPS) is 12.6. The van der Waals surface area contributed by atoms with Gasteiger partial charge in [0.15, 0.2) is 0 Å². The van der Waals surface area contributed by atoms with Crippen molar-refractivity contribution in [3.63, 3.8) is 0 Å². The topological polar surface area (TPSA) is 55.4 Å². The molecule has 0 heterocycles. The van der Waals surface area contributed by atoms with Crippen LogP contribution in [0.1, 0.15) is 57.8 Å². The van der Waals surface area contributed by atoms with Gasteiger partial charge in [-0.05, 0) is 18.1 Å². The van der Waals surface area contributed by atoms with Crippen LogP contribution in [-0.4, -0.2) is 78.6 Å². The van der Waals surface area contributed by atoms with Crippen LogP contribution >= 0.6 is 0 Å². The molecule has 0 spiro atoms. The van der Waals surface area contributed by atoms with Gasteiger partial charge in [-0.1, -0.05) is 82.5 Å². The van der Waals surface area contributed by atoms with Crippen LogP contribution in [0, 0.1) is 0 Å². The molecular weight excluding hydrogens is 473 g/mol. The van der Waals surface area contributed by atoms with Gasteiger partial charge >= 0.3 is 27.9 Å². The average molecular weight is 527 g/mol. The number of unbranched alkanes of at least 4 members (excludes halogenated alkanes) is 6. The van der Waals surface area contributed by atoms with E-state index in [9.17, 15) is 0 Å². The van der Waals surface area contributed by atoms with Crippen molar-refractivity contribution in [2.24, 2.45) is 0 Å². The second-order valence-electron chi connectivity index (χ2n) is 9.31. The largest absolute Gasteiger partial charge is 0.400 e. The van der Waals surface area contributed by atoms with Crippen LogP contribution in [0.3, 0.4) is 0 Å². The van der Waals surface area contributed by atoms with Gasteiger partial charge < -0.3 is 26.6 Å².